The van der Waals surface area contributed by atoms with E-state index < -0.39 is 66.6 Å². The highest BCUT2D eigenvalue weighted by atomic mass is 16.5. The van der Waals surface area contributed by atoms with Crippen LogP contribution in [0.1, 0.15) is 83.2 Å². The highest BCUT2D eigenvalue weighted by Gasteiger charge is 2.30. The molecule has 15 heteroatoms. The number of rotatable bonds is 26. The van der Waals surface area contributed by atoms with E-state index in [1.54, 1.807) is 32.2 Å². The summed E-state index contributed by atoms with van der Waals surface area (Å²) >= 11 is 0. The van der Waals surface area contributed by atoms with Gasteiger partial charge in [0.1, 0.15) is 11.8 Å². The Labute approximate surface area is 292 Å². The van der Waals surface area contributed by atoms with Gasteiger partial charge in [0.15, 0.2) is 6.04 Å². The Morgan fingerprint density at radius 2 is 1.54 bits per heavy atom. The molecule has 0 aliphatic rings. The van der Waals surface area contributed by atoms with Gasteiger partial charge in [0, 0.05) is 13.7 Å². The van der Waals surface area contributed by atoms with Crippen LogP contribution < -0.4 is 26.6 Å². The lowest BCUT2D eigenvalue weighted by Gasteiger charge is -2.22. The number of carboxylic acids is 1. The molecular formula is C35H51N5O10. The maximum absolute atomic E-state index is 13.3. The number of hydrogen-bond acceptors (Lipinski definition) is 9. The predicted molar refractivity (Wildman–Crippen MR) is 184 cm³/mol. The van der Waals surface area contributed by atoms with Gasteiger partial charge >= 0.3 is 5.97 Å². The fourth-order valence-electron chi connectivity index (χ4n) is 4.88. The minimum absolute atomic E-state index is 0.0162. The summed E-state index contributed by atoms with van der Waals surface area (Å²) in [5.74, 6) is -5.80. The van der Waals surface area contributed by atoms with Crippen LogP contribution in [0.3, 0.4) is 0 Å². The first-order chi connectivity index (χ1) is 24.0. The second-order valence-electron chi connectivity index (χ2n) is 11.4. The van der Waals surface area contributed by atoms with Crippen molar-refractivity contribution >= 4 is 41.8 Å². The van der Waals surface area contributed by atoms with E-state index in [9.17, 15) is 43.8 Å². The number of allylic oxidation sites excluding steroid dienone is 3. The normalized spacial score (nSPS) is 13.3. The summed E-state index contributed by atoms with van der Waals surface area (Å²) in [6.45, 7) is 3.13. The Morgan fingerprint density at radius 3 is 2.16 bits per heavy atom. The molecule has 3 unspecified atom stereocenters. The van der Waals surface area contributed by atoms with Crippen LogP contribution in [0.15, 0.2) is 53.8 Å². The van der Waals surface area contributed by atoms with Gasteiger partial charge in [-0.25, -0.2) is 4.79 Å². The number of unbranched alkanes of at least 4 members (excludes halogenated alkanes) is 3. The maximum atomic E-state index is 13.3. The van der Waals surface area contributed by atoms with Crippen molar-refractivity contribution in [2.45, 2.75) is 89.8 Å². The third-order valence-corrected chi connectivity index (χ3v) is 7.54. The van der Waals surface area contributed by atoms with E-state index in [-0.39, 0.29) is 25.0 Å². The molecule has 0 radical (unpaired) electrons. The van der Waals surface area contributed by atoms with Gasteiger partial charge in [-0.1, -0.05) is 62.6 Å². The Hall–Kier alpha value is -5.05. The number of ketones is 1. The van der Waals surface area contributed by atoms with Gasteiger partial charge in [0.25, 0.3) is 5.91 Å². The smallest absolute Gasteiger partial charge is 0.330 e. The second kappa shape index (κ2) is 25.0. The lowest BCUT2D eigenvalue weighted by Crippen LogP contribution is -2.55. The van der Waals surface area contributed by atoms with E-state index in [0.717, 1.165) is 31.3 Å². The fourth-order valence-corrected chi connectivity index (χ4v) is 4.88. The molecule has 0 aliphatic carbocycles. The zero-order valence-electron chi connectivity index (χ0n) is 29.0. The first kappa shape index (κ1) is 43.0. The number of nitrogens with one attached hydrogen (secondary N) is 5. The number of carbonyl (C=O) groups excluding carboxylic acids is 6. The summed E-state index contributed by atoms with van der Waals surface area (Å²) in [6.07, 6.45) is 8.75. The van der Waals surface area contributed by atoms with Crippen molar-refractivity contribution in [2.75, 3.05) is 26.8 Å². The van der Waals surface area contributed by atoms with Gasteiger partial charge in [-0.05, 0) is 62.7 Å². The quantitative estimate of drug-likeness (QED) is 0.0244. The van der Waals surface area contributed by atoms with E-state index in [4.69, 9.17) is 4.74 Å². The van der Waals surface area contributed by atoms with Crippen LogP contribution >= 0.6 is 0 Å². The number of ether oxygens (including phenoxy) is 1. The SMILES string of the molecule is CC=C(CCCCCCOC)C(O)=CCCC(NC(=O)CNC=O)C(=O)NC(CCC)C(=O)C(=O)NCC(=O)NC(C(=O)O)c1ccccc1. The number of carbonyl (C=O) groups is 7. The minimum atomic E-state index is -1.38. The first-order valence-corrected chi connectivity index (χ1v) is 16.7. The van der Waals surface area contributed by atoms with Gasteiger partial charge in [-0.3, -0.25) is 28.8 Å². The van der Waals surface area contributed by atoms with Crippen molar-refractivity contribution in [3.05, 3.63) is 59.4 Å². The van der Waals surface area contributed by atoms with E-state index in [0.29, 0.717) is 31.4 Å². The Balaban J connectivity index is 2.90. The number of aliphatic carboxylic acids is 1. The van der Waals surface area contributed by atoms with Crippen molar-refractivity contribution in [3.63, 3.8) is 0 Å². The zero-order chi connectivity index (χ0) is 37.3. The summed E-state index contributed by atoms with van der Waals surface area (Å²) in [4.78, 5) is 86.3. The molecule has 7 N–H and O–H groups in total. The predicted octanol–water partition coefficient (Wildman–Crippen LogP) is 1.89. The van der Waals surface area contributed by atoms with Crippen molar-refractivity contribution in [3.8, 4) is 0 Å². The monoisotopic (exact) mass is 701 g/mol. The molecule has 15 nitrogen and oxygen atoms in total. The van der Waals surface area contributed by atoms with Gasteiger partial charge in [-0.2, -0.15) is 0 Å². The molecule has 1 rings (SSSR count). The maximum Gasteiger partial charge on any atom is 0.330 e. The number of methoxy groups -OCH3 is 1. The Kier molecular flexibility index (Phi) is 21.5. The van der Waals surface area contributed by atoms with Crippen LogP contribution in [0.25, 0.3) is 0 Å². The molecule has 0 saturated carbocycles. The number of benzene rings is 1. The highest BCUT2D eigenvalue weighted by molar-refractivity contribution is 6.38. The van der Waals surface area contributed by atoms with Crippen molar-refractivity contribution < 1.29 is 48.5 Å². The molecule has 0 aromatic heterocycles. The van der Waals surface area contributed by atoms with Crippen molar-refractivity contribution in [2.24, 2.45) is 0 Å². The summed E-state index contributed by atoms with van der Waals surface area (Å²) in [5.41, 5.74) is 1.05. The molecule has 0 saturated heterocycles. The van der Waals surface area contributed by atoms with E-state index in [2.05, 4.69) is 26.6 Å². The van der Waals surface area contributed by atoms with Crippen LogP contribution in [-0.2, 0) is 38.3 Å². The molecule has 3 atom stereocenters. The summed E-state index contributed by atoms with van der Waals surface area (Å²) in [7, 11) is 1.66. The molecule has 0 fully saturated rings. The van der Waals surface area contributed by atoms with Gasteiger partial charge < -0.3 is 41.5 Å². The molecule has 50 heavy (non-hydrogen) atoms. The van der Waals surface area contributed by atoms with Crippen LogP contribution in [0, 0.1) is 0 Å². The van der Waals surface area contributed by atoms with E-state index in [1.807, 2.05) is 13.0 Å². The number of amides is 5. The van der Waals surface area contributed by atoms with Gasteiger partial charge in [0.2, 0.25) is 29.9 Å². The molecule has 5 amide bonds. The standard InChI is InChI=1S/C35H51N5O10/c1-4-14-26(32(45)34(47)37-22-30(44)40-31(35(48)49)25-16-10-8-11-17-25)39-33(46)27(38-29(43)21-36-23-41)18-13-19-28(42)24(5-2)15-9-6-7-12-20-50-3/h5,8,10-11,16-17,19,23,26-27,31,42H,4,6-7,9,12-15,18,20-22H2,1-3H3,(H,36,41)(H,37,47)(H,38,43)(H,39,46)(H,40,44)(H,48,49). The lowest BCUT2D eigenvalue weighted by molar-refractivity contribution is -0.142. The first-order valence-electron chi connectivity index (χ1n) is 16.7. The van der Waals surface area contributed by atoms with Crippen molar-refractivity contribution in [1.29, 1.82) is 0 Å². The van der Waals surface area contributed by atoms with E-state index >= 15 is 0 Å². The molecule has 1 aromatic rings. The lowest BCUT2D eigenvalue weighted by atomic mass is 10.0. The molecule has 0 heterocycles. The van der Waals surface area contributed by atoms with Gasteiger partial charge in [0.05, 0.1) is 19.1 Å². The average Bonchev–Trinajstić information content (AvgIpc) is 3.10. The third-order valence-electron chi connectivity index (χ3n) is 7.54. The van der Waals surface area contributed by atoms with Crippen molar-refractivity contribution in [1.82, 2.24) is 26.6 Å². The molecule has 0 aliphatic heterocycles. The van der Waals surface area contributed by atoms with Crippen LogP contribution in [0.5, 0.6) is 0 Å². The Bertz CT molecular complexity index is 1330. The summed E-state index contributed by atoms with van der Waals surface area (Å²) in [5, 5.41) is 31.8. The van der Waals surface area contributed by atoms with Crippen LogP contribution in [-0.4, -0.2) is 90.9 Å². The molecule has 276 valence electrons. The summed E-state index contributed by atoms with van der Waals surface area (Å²) < 4.78 is 5.06. The average molecular weight is 702 g/mol. The number of aliphatic hydroxyl groups excluding tert-OH is 1. The van der Waals surface area contributed by atoms with Gasteiger partial charge in [-0.15, -0.1) is 0 Å². The minimum Gasteiger partial charge on any atom is -0.508 e. The third kappa shape index (κ3) is 16.9. The summed E-state index contributed by atoms with van der Waals surface area (Å²) in [6, 6.07) is 4.04. The zero-order valence-corrected chi connectivity index (χ0v) is 29.0. The largest absolute Gasteiger partial charge is 0.508 e. The fraction of sp³-hybridized carbons (Fsp3) is 0.514. The molecule has 0 spiro atoms. The van der Waals surface area contributed by atoms with Crippen LogP contribution in [0.4, 0.5) is 0 Å². The number of hydrogen-bond donors (Lipinski definition) is 7. The number of carboxylic acid groups (broad SMARTS) is 1. The number of Topliss-reactive ketones (excluding diaryl/α,β-unsaturated/α-hetero) is 1. The molecular weight excluding hydrogens is 650 g/mol. The van der Waals surface area contributed by atoms with E-state index in [1.165, 1.54) is 18.2 Å². The molecule has 1 aromatic carbocycles. The highest BCUT2D eigenvalue weighted by Crippen LogP contribution is 2.18. The Morgan fingerprint density at radius 1 is 0.860 bits per heavy atom. The number of aliphatic hydroxyl groups is 1. The van der Waals surface area contributed by atoms with Crippen LogP contribution in [0.2, 0.25) is 0 Å². The second-order valence-corrected chi connectivity index (χ2v) is 11.4. The molecule has 0 bridgehead atoms. The topological polar surface area (TPSA) is 229 Å².